The monoisotopic (exact) mass is 267 g/mol. The van der Waals surface area contributed by atoms with E-state index in [1.54, 1.807) is 6.07 Å². The number of benzene rings is 1. The molecular weight excluding hydrogens is 265 g/mol. The molecule has 0 saturated carbocycles. The summed E-state index contributed by atoms with van der Waals surface area (Å²) in [5.41, 5.74) is 0.742. The summed E-state index contributed by atoms with van der Waals surface area (Å²) in [5, 5.41) is 3.97. The van der Waals surface area contributed by atoms with E-state index < -0.39 is 0 Å². The highest BCUT2D eigenvalue weighted by molar-refractivity contribution is 9.10. The summed E-state index contributed by atoms with van der Waals surface area (Å²) < 4.78 is 4.93. The minimum absolute atomic E-state index is 0.593. The maximum absolute atomic E-state index is 5.82. The average Bonchev–Trinajstić information content (AvgIpc) is 2.07. The van der Waals surface area contributed by atoms with Crippen LogP contribution in [0.15, 0.2) is 27.8 Å². The summed E-state index contributed by atoms with van der Waals surface area (Å²) in [6.07, 6.45) is 1.43. The zero-order valence-electron chi connectivity index (χ0n) is 5.80. The Kier molecular flexibility index (Phi) is 3.85. The minimum atomic E-state index is 0.593. The van der Waals surface area contributed by atoms with Crippen LogP contribution in [0.25, 0.3) is 0 Å². The molecule has 12 heavy (non-hydrogen) atoms. The SMILES string of the molecule is ClON=Cc1cc(Br)ccc1Cl. The van der Waals surface area contributed by atoms with Crippen LogP contribution >= 0.6 is 39.4 Å². The van der Waals surface area contributed by atoms with Crippen LogP contribution in [0.1, 0.15) is 5.56 Å². The van der Waals surface area contributed by atoms with E-state index in [0.29, 0.717) is 5.02 Å². The number of hydrogen-bond donors (Lipinski definition) is 0. The first-order chi connectivity index (χ1) is 5.74. The van der Waals surface area contributed by atoms with E-state index in [9.17, 15) is 0 Å². The van der Waals surface area contributed by atoms with Gasteiger partial charge in [-0.15, -0.1) is 0 Å². The van der Waals surface area contributed by atoms with Gasteiger partial charge in [0.15, 0.2) is 11.9 Å². The van der Waals surface area contributed by atoms with Crippen molar-refractivity contribution in [1.82, 2.24) is 0 Å². The molecule has 1 aromatic rings. The first-order valence-electron chi connectivity index (χ1n) is 3.00. The Morgan fingerprint density at radius 1 is 1.50 bits per heavy atom. The standard InChI is InChI=1S/C7H4BrCl2NO/c8-6-1-2-7(9)5(3-6)4-11-12-10/h1-4H. The lowest BCUT2D eigenvalue weighted by molar-refractivity contribution is 0.383. The molecule has 0 N–H and O–H groups in total. The number of hydrogen-bond acceptors (Lipinski definition) is 2. The number of halogens is 3. The predicted molar refractivity (Wildman–Crippen MR) is 53.7 cm³/mol. The number of rotatable bonds is 2. The predicted octanol–water partition coefficient (Wildman–Crippen LogP) is 3.61. The van der Waals surface area contributed by atoms with Crippen LogP contribution in [0.5, 0.6) is 0 Å². The molecule has 0 aliphatic heterocycles. The second-order valence-corrected chi connectivity index (χ2v) is 3.43. The topological polar surface area (TPSA) is 21.6 Å². The molecular formula is C7H4BrCl2NO. The molecule has 0 radical (unpaired) electrons. The summed E-state index contributed by atoms with van der Waals surface area (Å²) in [5.74, 6) is 0. The average molecular weight is 269 g/mol. The fourth-order valence-electron chi connectivity index (χ4n) is 0.690. The third-order valence-electron chi connectivity index (χ3n) is 1.19. The largest absolute Gasteiger partial charge is 0.277 e. The lowest BCUT2D eigenvalue weighted by Crippen LogP contribution is -1.82. The molecule has 0 heterocycles. The van der Waals surface area contributed by atoms with Gasteiger partial charge in [0.05, 0.1) is 6.21 Å². The molecule has 0 aliphatic rings. The van der Waals surface area contributed by atoms with Gasteiger partial charge >= 0.3 is 0 Å². The van der Waals surface area contributed by atoms with Gasteiger partial charge < -0.3 is 0 Å². The normalized spacial score (nSPS) is 10.6. The molecule has 0 saturated heterocycles. The van der Waals surface area contributed by atoms with Crippen LogP contribution in [-0.2, 0) is 4.39 Å². The van der Waals surface area contributed by atoms with Gasteiger partial charge in [0.25, 0.3) is 0 Å². The molecule has 2 nitrogen and oxygen atoms in total. The molecule has 0 atom stereocenters. The van der Waals surface area contributed by atoms with Crippen LogP contribution in [-0.4, -0.2) is 6.21 Å². The first kappa shape index (κ1) is 9.84. The van der Waals surface area contributed by atoms with Crippen molar-refractivity contribution in [2.24, 2.45) is 5.16 Å². The summed E-state index contributed by atoms with van der Waals surface area (Å²) in [6.45, 7) is 0. The van der Waals surface area contributed by atoms with Crippen molar-refractivity contribution >= 4 is 45.6 Å². The van der Waals surface area contributed by atoms with E-state index in [4.69, 9.17) is 23.5 Å². The molecule has 0 spiro atoms. The second kappa shape index (κ2) is 4.70. The van der Waals surface area contributed by atoms with E-state index in [0.717, 1.165) is 10.0 Å². The van der Waals surface area contributed by atoms with Crippen molar-refractivity contribution in [2.75, 3.05) is 0 Å². The molecule has 0 aliphatic carbocycles. The van der Waals surface area contributed by atoms with E-state index in [2.05, 4.69) is 25.5 Å². The smallest absolute Gasteiger partial charge is 0.167 e. The zero-order chi connectivity index (χ0) is 8.97. The summed E-state index contributed by atoms with van der Waals surface area (Å²) >= 11 is 14.0. The van der Waals surface area contributed by atoms with Gasteiger partial charge in [-0.1, -0.05) is 32.7 Å². The van der Waals surface area contributed by atoms with E-state index in [1.807, 2.05) is 12.1 Å². The molecule has 1 aromatic carbocycles. The van der Waals surface area contributed by atoms with Crippen molar-refractivity contribution in [3.8, 4) is 0 Å². The molecule has 0 bridgehead atoms. The Morgan fingerprint density at radius 3 is 2.92 bits per heavy atom. The van der Waals surface area contributed by atoms with Gasteiger partial charge in [0.2, 0.25) is 0 Å². The summed E-state index contributed by atoms with van der Waals surface area (Å²) in [7, 11) is 0. The summed E-state index contributed by atoms with van der Waals surface area (Å²) in [4.78, 5) is 0. The Hall–Kier alpha value is -0.250. The Bertz CT molecular complexity index is 303. The van der Waals surface area contributed by atoms with E-state index in [1.165, 1.54) is 6.21 Å². The molecule has 5 heteroatoms. The van der Waals surface area contributed by atoms with E-state index in [-0.39, 0.29) is 0 Å². The highest BCUT2D eigenvalue weighted by atomic mass is 79.9. The van der Waals surface area contributed by atoms with Crippen molar-refractivity contribution in [2.45, 2.75) is 0 Å². The van der Waals surface area contributed by atoms with Crippen LogP contribution in [0.3, 0.4) is 0 Å². The van der Waals surface area contributed by atoms with Gasteiger partial charge in [-0.05, 0) is 18.2 Å². The van der Waals surface area contributed by atoms with Gasteiger partial charge in [-0.2, -0.15) is 0 Å². The second-order valence-electron chi connectivity index (χ2n) is 1.97. The molecule has 0 amide bonds. The van der Waals surface area contributed by atoms with Gasteiger partial charge in [0.1, 0.15) is 0 Å². The van der Waals surface area contributed by atoms with E-state index >= 15 is 0 Å². The van der Waals surface area contributed by atoms with Crippen molar-refractivity contribution < 1.29 is 4.39 Å². The quantitative estimate of drug-likeness (QED) is 0.593. The lowest BCUT2D eigenvalue weighted by Gasteiger charge is -1.96. The number of nitrogens with zero attached hydrogens (tertiary/aromatic N) is 1. The fourth-order valence-corrected chi connectivity index (χ4v) is 1.28. The van der Waals surface area contributed by atoms with Crippen molar-refractivity contribution in [3.63, 3.8) is 0 Å². The maximum atomic E-state index is 5.82. The molecule has 1 rings (SSSR count). The first-order valence-corrected chi connectivity index (χ1v) is 4.48. The van der Waals surface area contributed by atoms with Crippen LogP contribution in [0.4, 0.5) is 0 Å². The van der Waals surface area contributed by atoms with Gasteiger partial charge in [-0.3, -0.25) is 4.39 Å². The van der Waals surface area contributed by atoms with Crippen LogP contribution in [0, 0.1) is 0 Å². The van der Waals surface area contributed by atoms with Gasteiger partial charge in [0, 0.05) is 15.1 Å². The highest BCUT2D eigenvalue weighted by Crippen LogP contribution is 2.19. The zero-order valence-corrected chi connectivity index (χ0v) is 8.90. The minimum Gasteiger partial charge on any atom is -0.277 e. The third kappa shape index (κ3) is 2.66. The molecule has 64 valence electrons. The number of oxime groups is 1. The molecule has 0 aromatic heterocycles. The van der Waals surface area contributed by atoms with Crippen molar-refractivity contribution in [3.05, 3.63) is 33.3 Å². The third-order valence-corrected chi connectivity index (χ3v) is 2.11. The van der Waals surface area contributed by atoms with Crippen molar-refractivity contribution in [1.29, 1.82) is 0 Å². The lowest BCUT2D eigenvalue weighted by atomic mass is 10.2. The maximum Gasteiger partial charge on any atom is 0.167 e. The van der Waals surface area contributed by atoms with Gasteiger partial charge in [-0.25, -0.2) is 0 Å². The highest BCUT2D eigenvalue weighted by Gasteiger charge is 1.97. The molecule has 0 unspecified atom stereocenters. The fraction of sp³-hybridized carbons (Fsp3) is 0. The Balaban J connectivity index is 2.97. The van der Waals surface area contributed by atoms with Crippen LogP contribution in [0.2, 0.25) is 5.02 Å². The Morgan fingerprint density at radius 2 is 2.25 bits per heavy atom. The Labute approximate surface area is 88.4 Å². The summed E-state index contributed by atoms with van der Waals surface area (Å²) in [6, 6.07) is 5.39. The molecule has 0 fully saturated rings. The van der Waals surface area contributed by atoms with Crippen LogP contribution < -0.4 is 0 Å².